The normalized spacial score (nSPS) is 19.3. The van der Waals surface area contributed by atoms with Gasteiger partial charge in [-0.25, -0.2) is 0 Å². The highest BCUT2D eigenvalue weighted by Crippen LogP contribution is 2.09. The molecule has 3 nitrogen and oxygen atoms in total. The predicted molar refractivity (Wildman–Crippen MR) is 61.6 cm³/mol. The van der Waals surface area contributed by atoms with Gasteiger partial charge in [-0.15, -0.1) is 0 Å². The Morgan fingerprint density at radius 2 is 2.00 bits per heavy atom. The zero-order chi connectivity index (χ0) is 10.5. The first-order valence-corrected chi connectivity index (χ1v) is 5.65. The number of pyridine rings is 1. The van der Waals surface area contributed by atoms with Crippen molar-refractivity contribution in [2.24, 2.45) is 0 Å². The lowest BCUT2D eigenvalue weighted by Crippen LogP contribution is -2.40. The third kappa shape index (κ3) is 3.29. The van der Waals surface area contributed by atoms with Gasteiger partial charge in [0.15, 0.2) is 0 Å². The summed E-state index contributed by atoms with van der Waals surface area (Å²) in [6, 6.07) is 4.83. The molecule has 0 unspecified atom stereocenters. The van der Waals surface area contributed by atoms with E-state index >= 15 is 0 Å². The number of likely N-dealkylation sites (tertiary alicyclic amines) is 1. The summed E-state index contributed by atoms with van der Waals surface area (Å²) in [7, 11) is 2.19. The molecule has 0 aliphatic carbocycles. The number of nitrogens with one attached hydrogen (secondary N) is 1. The molecule has 0 atom stereocenters. The maximum Gasteiger partial charge on any atom is 0.0271 e. The van der Waals surface area contributed by atoms with Crippen molar-refractivity contribution in [1.29, 1.82) is 0 Å². The summed E-state index contributed by atoms with van der Waals surface area (Å²) in [6.45, 7) is 3.40. The van der Waals surface area contributed by atoms with Crippen molar-refractivity contribution >= 4 is 0 Å². The van der Waals surface area contributed by atoms with Gasteiger partial charge in [0.05, 0.1) is 0 Å². The summed E-state index contributed by atoms with van der Waals surface area (Å²) in [5.41, 5.74) is 1.32. The second-order valence-corrected chi connectivity index (χ2v) is 4.31. The van der Waals surface area contributed by atoms with E-state index in [1.54, 1.807) is 0 Å². The van der Waals surface area contributed by atoms with E-state index in [0.29, 0.717) is 6.04 Å². The van der Waals surface area contributed by atoms with E-state index in [-0.39, 0.29) is 0 Å². The average Bonchev–Trinajstić information content (AvgIpc) is 2.30. The molecular formula is C12H19N3. The number of hydrogen-bond donors (Lipinski definition) is 1. The van der Waals surface area contributed by atoms with E-state index in [1.165, 1.54) is 31.5 Å². The minimum atomic E-state index is 0.689. The summed E-state index contributed by atoms with van der Waals surface area (Å²) >= 11 is 0. The van der Waals surface area contributed by atoms with Crippen molar-refractivity contribution in [3.8, 4) is 0 Å². The zero-order valence-electron chi connectivity index (χ0n) is 9.32. The van der Waals surface area contributed by atoms with Gasteiger partial charge in [-0.2, -0.15) is 0 Å². The van der Waals surface area contributed by atoms with Gasteiger partial charge in [0.2, 0.25) is 0 Å². The molecule has 0 aromatic carbocycles. The summed E-state index contributed by atoms with van der Waals surface area (Å²) in [5.74, 6) is 0. The Balaban J connectivity index is 1.74. The van der Waals surface area contributed by atoms with Gasteiger partial charge >= 0.3 is 0 Å². The SMILES string of the molecule is CN1CCC(NCc2ccncc2)CC1. The minimum Gasteiger partial charge on any atom is -0.310 e. The first-order valence-electron chi connectivity index (χ1n) is 5.65. The van der Waals surface area contributed by atoms with Crippen LogP contribution in [0.2, 0.25) is 0 Å². The number of piperidine rings is 1. The molecule has 1 aliphatic rings. The van der Waals surface area contributed by atoms with Gasteiger partial charge in [-0.1, -0.05) is 0 Å². The molecule has 0 bridgehead atoms. The van der Waals surface area contributed by atoms with Crippen molar-refractivity contribution in [3.63, 3.8) is 0 Å². The zero-order valence-corrected chi connectivity index (χ0v) is 9.32. The number of hydrogen-bond acceptors (Lipinski definition) is 3. The van der Waals surface area contributed by atoms with E-state index < -0.39 is 0 Å². The number of aromatic nitrogens is 1. The molecule has 0 saturated carbocycles. The van der Waals surface area contributed by atoms with Crippen LogP contribution in [0, 0.1) is 0 Å². The van der Waals surface area contributed by atoms with Crippen LogP contribution in [0.4, 0.5) is 0 Å². The summed E-state index contributed by atoms with van der Waals surface area (Å²) in [6.07, 6.45) is 6.24. The van der Waals surface area contributed by atoms with Crippen LogP contribution in [-0.4, -0.2) is 36.1 Å². The van der Waals surface area contributed by atoms with Gasteiger partial charge < -0.3 is 10.2 Å². The first-order chi connectivity index (χ1) is 7.34. The average molecular weight is 205 g/mol. The van der Waals surface area contributed by atoms with Gasteiger partial charge in [0.25, 0.3) is 0 Å². The molecule has 1 N–H and O–H groups in total. The third-order valence-corrected chi connectivity index (χ3v) is 3.06. The molecule has 1 saturated heterocycles. The second kappa shape index (κ2) is 5.24. The lowest BCUT2D eigenvalue weighted by atomic mass is 10.1. The van der Waals surface area contributed by atoms with Crippen LogP contribution < -0.4 is 5.32 Å². The monoisotopic (exact) mass is 205 g/mol. The van der Waals surface area contributed by atoms with E-state index in [9.17, 15) is 0 Å². The van der Waals surface area contributed by atoms with Crippen LogP contribution in [0.1, 0.15) is 18.4 Å². The lowest BCUT2D eigenvalue weighted by Gasteiger charge is -2.29. The molecule has 3 heteroatoms. The van der Waals surface area contributed by atoms with Crippen LogP contribution in [0.5, 0.6) is 0 Å². The van der Waals surface area contributed by atoms with Crippen LogP contribution >= 0.6 is 0 Å². The summed E-state index contributed by atoms with van der Waals surface area (Å²) in [5, 5.41) is 3.60. The second-order valence-electron chi connectivity index (χ2n) is 4.31. The quantitative estimate of drug-likeness (QED) is 0.805. The molecular weight excluding hydrogens is 186 g/mol. The van der Waals surface area contributed by atoms with Crippen LogP contribution in [0.3, 0.4) is 0 Å². The van der Waals surface area contributed by atoms with Crippen molar-refractivity contribution < 1.29 is 0 Å². The maximum atomic E-state index is 4.02. The molecule has 1 aromatic heterocycles. The fraction of sp³-hybridized carbons (Fsp3) is 0.583. The first kappa shape index (κ1) is 10.6. The van der Waals surface area contributed by atoms with Gasteiger partial charge in [-0.3, -0.25) is 4.98 Å². The van der Waals surface area contributed by atoms with E-state index in [0.717, 1.165) is 6.54 Å². The Bertz CT molecular complexity index is 278. The number of rotatable bonds is 3. The summed E-state index contributed by atoms with van der Waals surface area (Å²) in [4.78, 5) is 6.41. The van der Waals surface area contributed by atoms with Crippen molar-refractivity contribution in [2.75, 3.05) is 20.1 Å². The Morgan fingerprint density at radius 1 is 1.33 bits per heavy atom. The van der Waals surface area contributed by atoms with E-state index in [2.05, 4.69) is 34.4 Å². The molecule has 0 amide bonds. The molecule has 15 heavy (non-hydrogen) atoms. The lowest BCUT2D eigenvalue weighted by molar-refractivity contribution is 0.234. The maximum absolute atomic E-state index is 4.02. The third-order valence-electron chi connectivity index (χ3n) is 3.06. The van der Waals surface area contributed by atoms with Crippen molar-refractivity contribution in [2.45, 2.75) is 25.4 Å². The Labute approximate surface area is 91.5 Å². The molecule has 2 rings (SSSR count). The summed E-state index contributed by atoms with van der Waals surface area (Å²) < 4.78 is 0. The molecule has 0 radical (unpaired) electrons. The predicted octanol–water partition coefficient (Wildman–Crippen LogP) is 1.27. The Morgan fingerprint density at radius 3 is 2.67 bits per heavy atom. The fourth-order valence-corrected chi connectivity index (χ4v) is 1.98. The fourth-order valence-electron chi connectivity index (χ4n) is 1.98. The molecule has 1 fully saturated rings. The van der Waals surface area contributed by atoms with Crippen molar-refractivity contribution in [1.82, 2.24) is 15.2 Å². The molecule has 1 aromatic rings. The highest BCUT2D eigenvalue weighted by molar-refractivity contribution is 5.09. The van der Waals surface area contributed by atoms with Gasteiger partial charge in [0.1, 0.15) is 0 Å². The Hall–Kier alpha value is -0.930. The van der Waals surface area contributed by atoms with Gasteiger partial charge in [-0.05, 0) is 50.7 Å². The van der Waals surface area contributed by atoms with E-state index in [1.807, 2.05) is 12.4 Å². The standard InChI is InChI=1S/C12H19N3/c1-15-8-4-12(5-9-15)14-10-11-2-6-13-7-3-11/h2-3,6-7,12,14H,4-5,8-10H2,1H3. The van der Waals surface area contributed by atoms with Crippen LogP contribution in [-0.2, 0) is 6.54 Å². The number of nitrogens with zero attached hydrogens (tertiary/aromatic N) is 2. The molecule has 0 spiro atoms. The minimum absolute atomic E-state index is 0.689. The Kier molecular flexibility index (Phi) is 3.69. The highest BCUT2D eigenvalue weighted by atomic mass is 15.1. The largest absolute Gasteiger partial charge is 0.310 e. The van der Waals surface area contributed by atoms with Crippen LogP contribution in [0.15, 0.2) is 24.5 Å². The van der Waals surface area contributed by atoms with Crippen molar-refractivity contribution in [3.05, 3.63) is 30.1 Å². The molecule has 2 heterocycles. The smallest absolute Gasteiger partial charge is 0.0271 e. The topological polar surface area (TPSA) is 28.2 Å². The highest BCUT2D eigenvalue weighted by Gasteiger charge is 2.15. The molecule has 82 valence electrons. The van der Waals surface area contributed by atoms with E-state index in [4.69, 9.17) is 0 Å². The molecule has 1 aliphatic heterocycles. The van der Waals surface area contributed by atoms with Crippen LogP contribution in [0.25, 0.3) is 0 Å². The van der Waals surface area contributed by atoms with Gasteiger partial charge in [0, 0.05) is 25.0 Å².